The number of rotatable bonds is 4. The molecule has 2 rings (SSSR count). The van der Waals surface area contributed by atoms with Crippen LogP contribution >= 0.6 is 0 Å². The second-order valence-corrected chi connectivity index (χ2v) is 3.60. The Labute approximate surface area is 94.1 Å². The van der Waals surface area contributed by atoms with Gasteiger partial charge in [-0.25, -0.2) is 4.39 Å². The minimum Gasteiger partial charge on any atom is -0.472 e. The lowest BCUT2D eigenvalue weighted by Crippen LogP contribution is -2.21. The van der Waals surface area contributed by atoms with Crippen molar-refractivity contribution < 1.29 is 8.81 Å². The first-order valence-corrected chi connectivity index (χ1v) is 5.32. The summed E-state index contributed by atoms with van der Waals surface area (Å²) in [5.74, 6) is -0.216. The fraction of sp³-hybridized carbons (Fsp3) is 0.231. The van der Waals surface area contributed by atoms with E-state index in [1.54, 1.807) is 24.7 Å². The molecule has 0 spiro atoms. The topological polar surface area (TPSA) is 25.2 Å². The van der Waals surface area contributed by atoms with Crippen LogP contribution in [0.25, 0.3) is 0 Å². The molecule has 0 fully saturated rings. The van der Waals surface area contributed by atoms with Crippen LogP contribution in [0, 0.1) is 5.82 Å². The molecular weight excluding hydrogens is 205 g/mol. The van der Waals surface area contributed by atoms with Gasteiger partial charge in [-0.05, 0) is 30.3 Å². The summed E-state index contributed by atoms with van der Waals surface area (Å²) in [6.07, 6.45) is 3.35. The van der Waals surface area contributed by atoms with Crippen molar-refractivity contribution in [2.75, 3.05) is 6.54 Å². The second-order valence-electron chi connectivity index (χ2n) is 3.60. The first kappa shape index (κ1) is 10.9. The van der Waals surface area contributed by atoms with Crippen LogP contribution in [0.5, 0.6) is 0 Å². The molecule has 2 nitrogen and oxygen atoms in total. The fourth-order valence-corrected chi connectivity index (χ4v) is 1.73. The molecule has 1 unspecified atom stereocenters. The van der Waals surface area contributed by atoms with Crippen LogP contribution < -0.4 is 5.32 Å². The van der Waals surface area contributed by atoms with E-state index in [2.05, 4.69) is 5.32 Å². The number of hydrogen-bond donors (Lipinski definition) is 1. The Morgan fingerprint density at radius 3 is 2.50 bits per heavy atom. The zero-order valence-electron chi connectivity index (χ0n) is 9.11. The Morgan fingerprint density at radius 1 is 1.19 bits per heavy atom. The molecule has 84 valence electrons. The number of halogens is 1. The van der Waals surface area contributed by atoms with E-state index in [0.29, 0.717) is 0 Å². The van der Waals surface area contributed by atoms with Crippen molar-refractivity contribution in [3.63, 3.8) is 0 Å². The molecule has 0 aliphatic carbocycles. The van der Waals surface area contributed by atoms with Gasteiger partial charge in [0.05, 0.1) is 18.6 Å². The summed E-state index contributed by atoms with van der Waals surface area (Å²) < 4.78 is 17.9. The predicted octanol–water partition coefficient (Wildman–Crippen LogP) is 3.12. The van der Waals surface area contributed by atoms with E-state index < -0.39 is 0 Å². The molecule has 0 saturated carbocycles. The normalized spacial score (nSPS) is 12.6. The zero-order chi connectivity index (χ0) is 11.4. The first-order valence-electron chi connectivity index (χ1n) is 5.32. The van der Waals surface area contributed by atoms with E-state index in [0.717, 1.165) is 17.7 Å². The van der Waals surface area contributed by atoms with Crippen molar-refractivity contribution in [3.05, 3.63) is 59.8 Å². The van der Waals surface area contributed by atoms with Gasteiger partial charge in [-0.1, -0.05) is 19.1 Å². The average molecular weight is 219 g/mol. The van der Waals surface area contributed by atoms with Crippen LogP contribution in [0.15, 0.2) is 47.3 Å². The SMILES string of the molecule is CCNC(c1ccc(F)cc1)c1ccoc1. The lowest BCUT2D eigenvalue weighted by Gasteiger charge is -2.16. The van der Waals surface area contributed by atoms with Crippen LogP contribution in [0.1, 0.15) is 24.1 Å². The summed E-state index contributed by atoms with van der Waals surface area (Å²) in [6, 6.07) is 8.49. The van der Waals surface area contributed by atoms with Crippen molar-refractivity contribution in [2.24, 2.45) is 0 Å². The summed E-state index contributed by atoms with van der Waals surface area (Å²) in [5, 5.41) is 3.34. The molecule has 0 aliphatic heterocycles. The molecule has 16 heavy (non-hydrogen) atoms. The van der Waals surface area contributed by atoms with Gasteiger partial charge in [0, 0.05) is 5.56 Å². The second kappa shape index (κ2) is 4.94. The van der Waals surface area contributed by atoms with E-state index in [1.165, 1.54) is 12.1 Å². The molecule has 0 aliphatic rings. The lowest BCUT2D eigenvalue weighted by atomic mass is 10.0. The standard InChI is InChI=1S/C13H14FNO/c1-2-15-13(11-7-8-16-9-11)10-3-5-12(14)6-4-10/h3-9,13,15H,2H2,1H3. The minimum atomic E-state index is -0.216. The molecule has 0 radical (unpaired) electrons. The van der Waals surface area contributed by atoms with E-state index in [9.17, 15) is 4.39 Å². The molecule has 1 aromatic carbocycles. The smallest absolute Gasteiger partial charge is 0.123 e. The predicted molar refractivity (Wildman–Crippen MR) is 60.6 cm³/mol. The molecule has 2 aromatic rings. The Morgan fingerprint density at radius 2 is 1.94 bits per heavy atom. The highest BCUT2D eigenvalue weighted by molar-refractivity contribution is 5.29. The third-order valence-electron chi connectivity index (χ3n) is 2.49. The van der Waals surface area contributed by atoms with Crippen molar-refractivity contribution in [1.82, 2.24) is 5.32 Å². The summed E-state index contributed by atoms with van der Waals surface area (Å²) >= 11 is 0. The fourth-order valence-electron chi connectivity index (χ4n) is 1.73. The van der Waals surface area contributed by atoms with Gasteiger partial charge >= 0.3 is 0 Å². The number of furan rings is 1. The molecule has 0 bridgehead atoms. The van der Waals surface area contributed by atoms with Gasteiger partial charge in [-0.3, -0.25) is 0 Å². The largest absolute Gasteiger partial charge is 0.472 e. The highest BCUT2D eigenvalue weighted by Crippen LogP contribution is 2.22. The maximum absolute atomic E-state index is 12.8. The van der Waals surface area contributed by atoms with Crippen LogP contribution in [0.3, 0.4) is 0 Å². The van der Waals surface area contributed by atoms with Crippen molar-refractivity contribution in [3.8, 4) is 0 Å². The van der Waals surface area contributed by atoms with Gasteiger partial charge in [0.2, 0.25) is 0 Å². The Bertz CT molecular complexity index is 422. The third-order valence-corrected chi connectivity index (χ3v) is 2.49. The van der Waals surface area contributed by atoms with Crippen molar-refractivity contribution in [1.29, 1.82) is 0 Å². The Balaban J connectivity index is 2.29. The summed E-state index contributed by atoms with van der Waals surface area (Å²) in [5.41, 5.74) is 2.08. The Kier molecular flexibility index (Phi) is 3.37. The maximum Gasteiger partial charge on any atom is 0.123 e. The van der Waals surface area contributed by atoms with Gasteiger partial charge in [-0.15, -0.1) is 0 Å². The summed E-state index contributed by atoms with van der Waals surface area (Å²) in [7, 11) is 0. The van der Waals surface area contributed by atoms with Gasteiger partial charge in [0.25, 0.3) is 0 Å². The first-order chi connectivity index (χ1) is 7.81. The van der Waals surface area contributed by atoms with Crippen molar-refractivity contribution in [2.45, 2.75) is 13.0 Å². The minimum absolute atomic E-state index is 0.0596. The van der Waals surface area contributed by atoms with Gasteiger partial charge in [0.15, 0.2) is 0 Å². The van der Waals surface area contributed by atoms with Crippen LogP contribution in [-0.2, 0) is 0 Å². The monoisotopic (exact) mass is 219 g/mol. The molecule has 1 N–H and O–H groups in total. The molecule has 0 saturated heterocycles. The van der Waals surface area contributed by atoms with E-state index in [-0.39, 0.29) is 11.9 Å². The van der Waals surface area contributed by atoms with Gasteiger partial charge < -0.3 is 9.73 Å². The average Bonchev–Trinajstić information content (AvgIpc) is 2.81. The van der Waals surface area contributed by atoms with Crippen LogP contribution in [-0.4, -0.2) is 6.54 Å². The molecule has 3 heteroatoms. The molecular formula is C13H14FNO. The van der Waals surface area contributed by atoms with Crippen LogP contribution in [0.4, 0.5) is 4.39 Å². The maximum atomic E-state index is 12.8. The molecule has 0 amide bonds. The zero-order valence-corrected chi connectivity index (χ0v) is 9.11. The number of nitrogens with one attached hydrogen (secondary N) is 1. The van der Waals surface area contributed by atoms with E-state index in [1.807, 2.05) is 13.0 Å². The Hall–Kier alpha value is -1.61. The molecule has 1 heterocycles. The summed E-state index contributed by atoms with van der Waals surface area (Å²) in [6.45, 7) is 2.88. The quantitative estimate of drug-likeness (QED) is 0.854. The number of hydrogen-bond acceptors (Lipinski definition) is 2. The highest BCUT2D eigenvalue weighted by Gasteiger charge is 2.13. The van der Waals surface area contributed by atoms with Gasteiger partial charge in [-0.2, -0.15) is 0 Å². The molecule has 1 atom stereocenters. The summed E-state index contributed by atoms with van der Waals surface area (Å²) in [4.78, 5) is 0. The number of benzene rings is 1. The van der Waals surface area contributed by atoms with E-state index in [4.69, 9.17) is 4.42 Å². The van der Waals surface area contributed by atoms with Crippen molar-refractivity contribution >= 4 is 0 Å². The lowest BCUT2D eigenvalue weighted by molar-refractivity contribution is 0.552. The van der Waals surface area contributed by atoms with E-state index >= 15 is 0 Å². The van der Waals surface area contributed by atoms with Gasteiger partial charge in [0.1, 0.15) is 5.82 Å². The third kappa shape index (κ3) is 2.31. The van der Waals surface area contributed by atoms with Crippen LogP contribution in [0.2, 0.25) is 0 Å². The molecule has 1 aromatic heterocycles. The highest BCUT2D eigenvalue weighted by atomic mass is 19.1.